The molecule has 2 N–H and O–H groups in total. The normalized spacial score (nSPS) is 11.8. The average Bonchev–Trinajstić information content (AvgIpc) is 2.42. The third-order valence-electron chi connectivity index (χ3n) is 2.51. The maximum absolute atomic E-state index is 12.1. The quantitative estimate of drug-likeness (QED) is 0.675. The van der Waals surface area contributed by atoms with E-state index in [1.54, 1.807) is 19.3 Å². The second kappa shape index (κ2) is 8.18. The minimum atomic E-state index is -3.54. The van der Waals surface area contributed by atoms with Crippen molar-refractivity contribution in [1.82, 2.24) is 9.71 Å². The molecule has 0 aliphatic carbocycles. The molecule has 1 heterocycles. The van der Waals surface area contributed by atoms with Crippen molar-refractivity contribution < 1.29 is 13.2 Å². The lowest BCUT2D eigenvalue weighted by Gasteiger charge is -2.10. The number of nitrogens with zero attached hydrogens (tertiary/aromatic N) is 1. The summed E-state index contributed by atoms with van der Waals surface area (Å²) < 4.78 is 32.2. The summed E-state index contributed by atoms with van der Waals surface area (Å²) in [7, 11) is -1.90. The fourth-order valence-electron chi connectivity index (χ4n) is 1.57. The van der Waals surface area contributed by atoms with Crippen LogP contribution in [-0.4, -0.2) is 40.2 Å². The van der Waals surface area contributed by atoms with Crippen LogP contribution in [0.5, 0.6) is 0 Å². The van der Waals surface area contributed by atoms with Gasteiger partial charge in [0.25, 0.3) is 0 Å². The van der Waals surface area contributed by atoms with Gasteiger partial charge in [0.2, 0.25) is 10.0 Å². The zero-order valence-corrected chi connectivity index (χ0v) is 13.0. The van der Waals surface area contributed by atoms with E-state index in [2.05, 4.69) is 28.9 Å². The van der Waals surface area contributed by atoms with Crippen LogP contribution in [0.15, 0.2) is 23.2 Å². The Morgan fingerprint density at radius 2 is 2.15 bits per heavy atom. The highest BCUT2D eigenvalue weighted by molar-refractivity contribution is 7.89. The number of hydrogen-bond acceptors (Lipinski definition) is 5. The lowest BCUT2D eigenvalue weighted by atomic mass is 10.2. The summed E-state index contributed by atoms with van der Waals surface area (Å²) in [6, 6.07) is 3.12. The van der Waals surface area contributed by atoms with Crippen molar-refractivity contribution in [3.05, 3.63) is 18.3 Å². The molecule has 0 radical (unpaired) electrons. The summed E-state index contributed by atoms with van der Waals surface area (Å²) in [5.74, 6) is 0.830. The largest absolute Gasteiger partial charge is 0.381 e. The van der Waals surface area contributed by atoms with Gasteiger partial charge in [-0.05, 0) is 24.5 Å². The number of rotatable bonds is 9. The molecule has 0 unspecified atom stereocenters. The van der Waals surface area contributed by atoms with Gasteiger partial charge in [0, 0.05) is 33.0 Å². The van der Waals surface area contributed by atoms with Crippen LogP contribution in [0.3, 0.4) is 0 Å². The maximum atomic E-state index is 12.1. The Kier molecular flexibility index (Phi) is 6.90. The van der Waals surface area contributed by atoms with E-state index >= 15 is 0 Å². The van der Waals surface area contributed by atoms with Crippen molar-refractivity contribution in [1.29, 1.82) is 0 Å². The van der Waals surface area contributed by atoms with Crippen molar-refractivity contribution in [3.63, 3.8) is 0 Å². The molecule has 0 aliphatic heterocycles. The van der Waals surface area contributed by atoms with E-state index in [0.717, 1.165) is 0 Å². The van der Waals surface area contributed by atoms with Gasteiger partial charge in [-0.2, -0.15) is 0 Å². The number of pyridine rings is 1. The molecule has 0 aliphatic rings. The van der Waals surface area contributed by atoms with Crippen LogP contribution in [0.25, 0.3) is 0 Å². The average molecular weight is 301 g/mol. The van der Waals surface area contributed by atoms with E-state index < -0.39 is 10.0 Å². The molecule has 0 saturated heterocycles. The smallest absolute Gasteiger partial charge is 0.244 e. The number of hydrogen-bond donors (Lipinski definition) is 2. The molecule has 0 amide bonds. The molecule has 0 saturated carbocycles. The molecular weight excluding hydrogens is 278 g/mol. The molecule has 7 heteroatoms. The van der Waals surface area contributed by atoms with Crippen molar-refractivity contribution in [2.75, 3.05) is 32.1 Å². The van der Waals surface area contributed by atoms with Crippen LogP contribution < -0.4 is 10.0 Å². The Morgan fingerprint density at radius 3 is 2.80 bits per heavy atom. The summed E-state index contributed by atoms with van der Waals surface area (Å²) in [4.78, 5) is 4.14. The first-order chi connectivity index (χ1) is 9.47. The summed E-state index contributed by atoms with van der Waals surface area (Å²) in [5, 5.41) is 2.77. The first kappa shape index (κ1) is 16.9. The van der Waals surface area contributed by atoms with Crippen LogP contribution >= 0.6 is 0 Å². The van der Waals surface area contributed by atoms with E-state index in [-0.39, 0.29) is 4.90 Å². The van der Waals surface area contributed by atoms with Gasteiger partial charge in [0.05, 0.1) is 0 Å². The third kappa shape index (κ3) is 5.44. The topological polar surface area (TPSA) is 80.3 Å². The Labute approximate surface area is 121 Å². The fraction of sp³-hybridized carbons (Fsp3) is 0.615. The minimum Gasteiger partial charge on any atom is -0.381 e. The van der Waals surface area contributed by atoms with Gasteiger partial charge in [0.15, 0.2) is 0 Å². The predicted molar refractivity (Wildman–Crippen MR) is 79.2 cm³/mol. The van der Waals surface area contributed by atoms with Gasteiger partial charge in [-0.25, -0.2) is 18.1 Å². The van der Waals surface area contributed by atoms with Crippen molar-refractivity contribution >= 4 is 15.8 Å². The zero-order valence-electron chi connectivity index (χ0n) is 12.2. The zero-order chi connectivity index (χ0) is 15.0. The number of nitrogens with one attached hydrogen (secondary N) is 2. The molecule has 0 bridgehead atoms. The number of ether oxygens (including phenoxy) is 1. The van der Waals surface area contributed by atoms with Crippen molar-refractivity contribution in [3.8, 4) is 0 Å². The van der Waals surface area contributed by atoms with E-state index in [4.69, 9.17) is 4.74 Å². The molecule has 6 nitrogen and oxygen atoms in total. The Morgan fingerprint density at radius 1 is 1.40 bits per heavy atom. The van der Waals surface area contributed by atoms with Gasteiger partial charge in [-0.1, -0.05) is 13.8 Å². The lowest BCUT2D eigenvalue weighted by molar-refractivity contribution is 0.108. The number of anilines is 1. The van der Waals surface area contributed by atoms with Gasteiger partial charge in [-0.3, -0.25) is 0 Å². The highest BCUT2D eigenvalue weighted by Gasteiger charge is 2.17. The Bertz CT molecular complexity index is 503. The second-order valence-corrected chi connectivity index (χ2v) is 6.56. The van der Waals surface area contributed by atoms with Gasteiger partial charge < -0.3 is 10.1 Å². The van der Waals surface area contributed by atoms with Crippen LogP contribution in [0, 0.1) is 5.92 Å². The molecule has 0 atom stereocenters. The molecule has 1 aromatic rings. The fourth-order valence-corrected chi connectivity index (χ4v) is 2.81. The van der Waals surface area contributed by atoms with Crippen LogP contribution in [-0.2, 0) is 14.8 Å². The van der Waals surface area contributed by atoms with Crippen molar-refractivity contribution in [2.24, 2.45) is 5.92 Å². The third-order valence-corrected chi connectivity index (χ3v) is 4.00. The first-order valence-electron chi connectivity index (χ1n) is 6.67. The van der Waals surface area contributed by atoms with Gasteiger partial charge in [-0.15, -0.1) is 0 Å². The van der Waals surface area contributed by atoms with Crippen molar-refractivity contribution in [2.45, 2.75) is 25.2 Å². The van der Waals surface area contributed by atoms with Gasteiger partial charge in [0.1, 0.15) is 10.7 Å². The molecule has 0 fully saturated rings. The Hall–Kier alpha value is -1.18. The highest BCUT2D eigenvalue weighted by Crippen LogP contribution is 2.16. The predicted octanol–water partition coefficient (Wildman–Crippen LogP) is 1.46. The summed E-state index contributed by atoms with van der Waals surface area (Å²) in [6.45, 7) is 5.74. The second-order valence-electron chi connectivity index (χ2n) is 4.82. The van der Waals surface area contributed by atoms with Crippen LogP contribution in [0.4, 0.5) is 5.82 Å². The first-order valence-corrected chi connectivity index (χ1v) is 8.16. The van der Waals surface area contributed by atoms with Crippen LogP contribution in [0.2, 0.25) is 0 Å². The summed E-state index contributed by atoms with van der Waals surface area (Å²) >= 11 is 0. The lowest BCUT2D eigenvalue weighted by Crippen LogP contribution is -2.26. The maximum Gasteiger partial charge on any atom is 0.244 e. The molecule has 114 valence electrons. The molecule has 20 heavy (non-hydrogen) atoms. The SMILES string of the molecule is CNc1ncccc1S(=O)(=O)NCCCOCC(C)C. The summed E-state index contributed by atoms with van der Waals surface area (Å²) in [6.07, 6.45) is 2.19. The number of sulfonamides is 1. The molecular formula is C13H23N3O3S. The molecule has 1 rings (SSSR count). The monoisotopic (exact) mass is 301 g/mol. The van der Waals surface area contributed by atoms with Crippen LogP contribution in [0.1, 0.15) is 20.3 Å². The molecule has 0 spiro atoms. The Balaban J connectivity index is 2.46. The van der Waals surface area contributed by atoms with E-state index in [1.165, 1.54) is 6.07 Å². The van der Waals surface area contributed by atoms with E-state index in [1.807, 2.05) is 0 Å². The minimum absolute atomic E-state index is 0.158. The standard InChI is InChI=1S/C13H23N3O3S/c1-11(2)10-19-9-5-8-16-20(17,18)12-6-4-7-15-13(12)14-3/h4,6-7,11,16H,5,8-10H2,1-3H3,(H,14,15). The van der Waals surface area contributed by atoms with E-state index in [0.29, 0.717) is 37.9 Å². The molecule has 0 aromatic carbocycles. The molecule has 1 aromatic heterocycles. The summed E-state index contributed by atoms with van der Waals surface area (Å²) in [5.41, 5.74) is 0. The van der Waals surface area contributed by atoms with Gasteiger partial charge >= 0.3 is 0 Å². The highest BCUT2D eigenvalue weighted by atomic mass is 32.2. The van der Waals surface area contributed by atoms with E-state index in [9.17, 15) is 8.42 Å². The number of aromatic nitrogens is 1.